The Bertz CT molecular complexity index is 1130. The van der Waals surface area contributed by atoms with Crippen molar-refractivity contribution in [1.29, 1.82) is 0 Å². The molecular formula is C23H18FN3O3. The molecular weight excluding hydrogens is 385 g/mol. The molecule has 0 aliphatic carbocycles. The first-order valence-corrected chi connectivity index (χ1v) is 9.35. The van der Waals surface area contributed by atoms with Crippen LogP contribution in [-0.2, 0) is 11.2 Å². The Morgan fingerprint density at radius 1 is 1.03 bits per heavy atom. The van der Waals surface area contributed by atoms with E-state index in [0.717, 1.165) is 24.2 Å². The van der Waals surface area contributed by atoms with Crippen molar-refractivity contribution in [2.75, 3.05) is 11.9 Å². The Morgan fingerprint density at radius 3 is 2.47 bits per heavy atom. The van der Waals surface area contributed by atoms with Gasteiger partial charge in [-0.15, -0.1) is 5.06 Å². The maximum Gasteiger partial charge on any atom is 0.285 e. The van der Waals surface area contributed by atoms with Gasteiger partial charge in [0.05, 0.1) is 5.57 Å². The van der Waals surface area contributed by atoms with Crippen molar-refractivity contribution in [3.05, 3.63) is 95.1 Å². The molecule has 2 aromatic carbocycles. The molecule has 0 saturated heterocycles. The quantitative estimate of drug-likeness (QED) is 0.394. The molecule has 3 aromatic rings. The first-order chi connectivity index (χ1) is 14.5. The van der Waals surface area contributed by atoms with E-state index in [1.807, 2.05) is 0 Å². The minimum absolute atomic E-state index is 0.0383. The number of carbonyl (C=O) groups is 2. The van der Waals surface area contributed by atoms with Gasteiger partial charge in [-0.2, -0.15) is 0 Å². The Hall–Kier alpha value is -3.84. The molecule has 0 fully saturated rings. The zero-order chi connectivity index (χ0) is 21.1. The predicted octanol–water partition coefficient (Wildman–Crippen LogP) is 3.79. The second kappa shape index (κ2) is 8.26. The van der Waals surface area contributed by atoms with Gasteiger partial charge < -0.3 is 5.32 Å². The first kappa shape index (κ1) is 19.5. The second-order valence-corrected chi connectivity index (χ2v) is 6.82. The Labute approximate surface area is 172 Å². The molecule has 0 radical (unpaired) electrons. The fourth-order valence-electron chi connectivity index (χ4n) is 3.28. The molecule has 1 aliphatic rings. The van der Waals surface area contributed by atoms with Gasteiger partial charge in [0.25, 0.3) is 11.8 Å². The average Bonchev–Trinajstić information content (AvgIpc) is 3.25. The molecule has 6 nitrogen and oxygen atoms in total. The van der Waals surface area contributed by atoms with E-state index in [9.17, 15) is 19.2 Å². The lowest BCUT2D eigenvalue weighted by Gasteiger charge is -2.16. The molecule has 0 bridgehead atoms. The Morgan fingerprint density at radius 2 is 1.73 bits per heavy atom. The molecule has 2 N–H and O–H groups in total. The van der Waals surface area contributed by atoms with E-state index in [-0.39, 0.29) is 16.2 Å². The van der Waals surface area contributed by atoms with Gasteiger partial charge in [0.15, 0.2) is 0 Å². The number of carbonyl (C=O) groups excluding carboxylic acids is 2. The number of aromatic nitrogens is 1. The third-order valence-corrected chi connectivity index (χ3v) is 4.85. The lowest BCUT2D eigenvalue weighted by Crippen LogP contribution is -2.34. The normalized spacial score (nSPS) is 12.8. The van der Waals surface area contributed by atoms with Crippen molar-refractivity contribution in [2.45, 2.75) is 6.42 Å². The van der Waals surface area contributed by atoms with Gasteiger partial charge in [-0.25, -0.2) is 4.39 Å². The number of rotatable bonds is 4. The van der Waals surface area contributed by atoms with Crippen molar-refractivity contribution in [3.8, 4) is 0 Å². The number of pyridine rings is 1. The number of hydroxylamine groups is 2. The molecule has 0 atom stereocenters. The van der Waals surface area contributed by atoms with E-state index in [0.29, 0.717) is 11.1 Å². The summed E-state index contributed by atoms with van der Waals surface area (Å²) in [6.07, 6.45) is 5.48. The average molecular weight is 403 g/mol. The van der Waals surface area contributed by atoms with Gasteiger partial charge >= 0.3 is 0 Å². The topological polar surface area (TPSA) is 82.5 Å². The maximum atomic E-state index is 13.4. The molecule has 0 saturated carbocycles. The van der Waals surface area contributed by atoms with Crippen LogP contribution in [0.2, 0.25) is 0 Å². The molecule has 30 heavy (non-hydrogen) atoms. The van der Waals surface area contributed by atoms with E-state index in [4.69, 9.17) is 0 Å². The van der Waals surface area contributed by atoms with Gasteiger partial charge in [0, 0.05) is 30.2 Å². The van der Waals surface area contributed by atoms with Gasteiger partial charge in [-0.05, 0) is 65.6 Å². The van der Waals surface area contributed by atoms with Crippen LogP contribution in [0.25, 0.3) is 11.6 Å². The molecule has 0 unspecified atom stereocenters. The highest BCUT2D eigenvalue weighted by molar-refractivity contribution is 6.28. The SMILES string of the molecule is O=C(C(=Cc1ccncc1)c1ccc(F)cc1)N(O)C(=O)c1ccc2c(c1)NCC2. The number of imide groups is 1. The van der Waals surface area contributed by atoms with Crippen molar-refractivity contribution < 1.29 is 19.2 Å². The summed E-state index contributed by atoms with van der Waals surface area (Å²) >= 11 is 0. The summed E-state index contributed by atoms with van der Waals surface area (Å²) in [5, 5.41) is 13.7. The van der Waals surface area contributed by atoms with Crippen LogP contribution in [0.1, 0.15) is 27.0 Å². The molecule has 1 aromatic heterocycles. The molecule has 2 heterocycles. The van der Waals surface area contributed by atoms with Crippen molar-refractivity contribution in [3.63, 3.8) is 0 Å². The van der Waals surface area contributed by atoms with Crippen LogP contribution in [0.3, 0.4) is 0 Å². The second-order valence-electron chi connectivity index (χ2n) is 6.82. The van der Waals surface area contributed by atoms with Crippen molar-refractivity contribution >= 4 is 29.2 Å². The van der Waals surface area contributed by atoms with E-state index in [2.05, 4.69) is 10.3 Å². The number of nitrogens with zero attached hydrogens (tertiary/aromatic N) is 2. The van der Waals surface area contributed by atoms with E-state index in [1.54, 1.807) is 42.7 Å². The third kappa shape index (κ3) is 3.97. The number of benzene rings is 2. The highest BCUT2D eigenvalue weighted by Gasteiger charge is 2.26. The fraction of sp³-hybridized carbons (Fsp3) is 0.0870. The van der Waals surface area contributed by atoms with Crippen molar-refractivity contribution in [2.24, 2.45) is 0 Å². The monoisotopic (exact) mass is 403 g/mol. The van der Waals surface area contributed by atoms with Crippen LogP contribution < -0.4 is 5.32 Å². The Kier molecular flexibility index (Phi) is 5.36. The number of hydrogen-bond acceptors (Lipinski definition) is 5. The third-order valence-electron chi connectivity index (χ3n) is 4.85. The number of nitrogens with one attached hydrogen (secondary N) is 1. The lowest BCUT2D eigenvalue weighted by atomic mass is 10.0. The molecule has 7 heteroatoms. The van der Waals surface area contributed by atoms with Gasteiger partial charge in [-0.1, -0.05) is 18.2 Å². The summed E-state index contributed by atoms with van der Waals surface area (Å²) in [4.78, 5) is 29.7. The molecule has 1 aliphatic heterocycles. The van der Waals surface area contributed by atoms with Crippen LogP contribution in [0.15, 0.2) is 67.0 Å². The minimum Gasteiger partial charge on any atom is -0.384 e. The van der Waals surface area contributed by atoms with Crippen LogP contribution >= 0.6 is 0 Å². The van der Waals surface area contributed by atoms with Crippen LogP contribution in [0.4, 0.5) is 10.1 Å². The molecule has 2 amide bonds. The molecule has 4 rings (SSSR count). The number of halogens is 1. The van der Waals surface area contributed by atoms with Gasteiger partial charge in [-0.3, -0.25) is 19.8 Å². The summed E-state index contributed by atoms with van der Waals surface area (Å²) in [6.45, 7) is 0.776. The number of amides is 2. The van der Waals surface area contributed by atoms with Crippen LogP contribution in [0.5, 0.6) is 0 Å². The zero-order valence-corrected chi connectivity index (χ0v) is 15.9. The number of fused-ring (bicyclic) bond motifs is 1. The van der Waals surface area contributed by atoms with E-state index < -0.39 is 17.6 Å². The van der Waals surface area contributed by atoms with Crippen LogP contribution in [-0.4, -0.2) is 33.6 Å². The zero-order valence-electron chi connectivity index (χ0n) is 15.9. The predicted molar refractivity (Wildman–Crippen MR) is 110 cm³/mol. The lowest BCUT2D eigenvalue weighted by molar-refractivity contribution is -0.146. The summed E-state index contributed by atoms with van der Waals surface area (Å²) in [7, 11) is 0. The molecule has 0 spiro atoms. The standard InChI is InChI=1S/C23H18FN3O3/c24-19-5-3-16(4-6-19)20(13-15-7-10-25-11-8-15)23(29)27(30)22(28)18-2-1-17-9-12-26-21(17)14-18/h1-8,10-11,13-14,26,30H,9,12H2. The largest absolute Gasteiger partial charge is 0.384 e. The first-order valence-electron chi connectivity index (χ1n) is 9.35. The smallest absolute Gasteiger partial charge is 0.285 e. The number of hydrogen-bond donors (Lipinski definition) is 2. The highest BCUT2D eigenvalue weighted by Crippen LogP contribution is 2.25. The summed E-state index contributed by atoms with van der Waals surface area (Å²) in [5.74, 6) is -2.23. The van der Waals surface area contributed by atoms with E-state index >= 15 is 0 Å². The Balaban J connectivity index is 1.67. The summed E-state index contributed by atoms with van der Waals surface area (Å²) in [6, 6.07) is 13.6. The van der Waals surface area contributed by atoms with Gasteiger partial charge in [0.2, 0.25) is 0 Å². The minimum atomic E-state index is -0.920. The summed E-state index contributed by atoms with van der Waals surface area (Å²) in [5.41, 5.74) is 3.11. The van der Waals surface area contributed by atoms with E-state index in [1.165, 1.54) is 30.3 Å². The van der Waals surface area contributed by atoms with Crippen LogP contribution in [0, 0.1) is 5.82 Å². The maximum absolute atomic E-state index is 13.4. The highest BCUT2D eigenvalue weighted by atomic mass is 19.1. The van der Waals surface area contributed by atoms with Gasteiger partial charge in [0.1, 0.15) is 5.82 Å². The number of anilines is 1. The fourth-order valence-corrected chi connectivity index (χ4v) is 3.28. The summed E-state index contributed by atoms with van der Waals surface area (Å²) < 4.78 is 13.4. The van der Waals surface area contributed by atoms with Crippen molar-refractivity contribution in [1.82, 2.24) is 10.0 Å². The molecule has 150 valence electrons.